The lowest BCUT2D eigenvalue weighted by Gasteiger charge is -2.10. The molecule has 0 aliphatic heterocycles. The maximum atomic E-state index is 11.8. The molecule has 0 aliphatic carbocycles. The van der Waals surface area contributed by atoms with Gasteiger partial charge in [-0.1, -0.05) is 25.4 Å². The van der Waals surface area contributed by atoms with E-state index in [4.69, 9.17) is 17.3 Å². The van der Waals surface area contributed by atoms with E-state index in [2.05, 4.69) is 10.3 Å². The molecule has 1 atom stereocenters. The molecule has 4 N–H and O–H groups in total. The Bertz CT molecular complexity index is 491. The smallest absolute Gasteiger partial charge is 0.251 e. The monoisotopic (exact) mass is 285 g/mol. The number of carbonyl (C=O) groups excluding carboxylic acids is 2. The molecule has 0 aliphatic rings. The number of pyridine rings is 1. The minimum atomic E-state index is -1.41. The van der Waals surface area contributed by atoms with Gasteiger partial charge in [0, 0.05) is 11.3 Å². The van der Waals surface area contributed by atoms with Gasteiger partial charge >= 0.3 is 0 Å². The molecular formula is C12H16ClN3O3. The molecule has 1 unspecified atom stereocenters. The molecule has 0 bridgehead atoms. The number of rotatable bonds is 5. The Morgan fingerprint density at radius 1 is 1.47 bits per heavy atom. The highest BCUT2D eigenvalue weighted by atomic mass is 35.5. The van der Waals surface area contributed by atoms with Gasteiger partial charge in [0.2, 0.25) is 5.91 Å². The maximum absolute atomic E-state index is 11.8. The summed E-state index contributed by atoms with van der Waals surface area (Å²) < 4.78 is 0. The van der Waals surface area contributed by atoms with Gasteiger partial charge in [0.05, 0.1) is 6.54 Å². The van der Waals surface area contributed by atoms with Crippen LogP contribution in [-0.4, -0.2) is 34.6 Å². The zero-order valence-corrected chi connectivity index (χ0v) is 11.4. The second-order valence-corrected chi connectivity index (χ2v) is 4.77. The van der Waals surface area contributed by atoms with Crippen LogP contribution in [0.25, 0.3) is 0 Å². The molecule has 0 fully saturated rings. The number of hydrogen-bond donors (Lipinski definition) is 3. The molecule has 1 aromatic heterocycles. The van der Waals surface area contributed by atoms with Crippen molar-refractivity contribution in [3.8, 4) is 0 Å². The summed E-state index contributed by atoms with van der Waals surface area (Å²) in [6, 6.07) is 3.03. The second kappa shape index (κ2) is 6.49. The van der Waals surface area contributed by atoms with E-state index < -0.39 is 17.9 Å². The molecule has 7 heteroatoms. The highest BCUT2D eigenvalue weighted by Gasteiger charge is 2.15. The number of amides is 2. The third kappa shape index (κ3) is 4.50. The lowest BCUT2D eigenvalue weighted by Crippen LogP contribution is -2.40. The van der Waals surface area contributed by atoms with Gasteiger partial charge in [0.15, 0.2) is 0 Å². The number of nitrogens with one attached hydrogen (secondary N) is 1. The summed E-state index contributed by atoms with van der Waals surface area (Å²) in [5.74, 6) is -1.22. The van der Waals surface area contributed by atoms with Crippen molar-refractivity contribution in [2.24, 2.45) is 5.73 Å². The largest absolute Gasteiger partial charge is 0.381 e. The molecule has 0 saturated carbocycles. The zero-order valence-electron chi connectivity index (χ0n) is 10.7. The van der Waals surface area contributed by atoms with E-state index in [0.717, 1.165) is 0 Å². The summed E-state index contributed by atoms with van der Waals surface area (Å²) in [7, 11) is 0. The highest BCUT2D eigenvalue weighted by Crippen LogP contribution is 2.17. The van der Waals surface area contributed by atoms with Crippen LogP contribution in [0.4, 0.5) is 0 Å². The number of primary amides is 1. The second-order valence-electron chi connectivity index (χ2n) is 4.39. The third-order valence-corrected chi connectivity index (χ3v) is 2.65. The zero-order chi connectivity index (χ0) is 14.6. The van der Waals surface area contributed by atoms with E-state index in [1.807, 2.05) is 13.8 Å². The number of hydrogen-bond acceptors (Lipinski definition) is 4. The van der Waals surface area contributed by atoms with E-state index in [9.17, 15) is 14.7 Å². The van der Waals surface area contributed by atoms with Crippen molar-refractivity contribution in [3.63, 3.8) is 0 Å². The van der Waals surface area contributed by atoms with Gasteiger partial charge < -0.3 is 16.2 Å². The summed E-state index contributed by atoms with van der Waals surface area (Å²) in [5.41, 5.74) is 5.89. The number of aliphatic hydroxyl groups excluding tert-OH is 1. The number of halogens is 1. The third-order valence-electron chi connectivity index (χ3n) is 2.45. The molecule has 1 heterocycles. The first-order valence-electron chi connectivity index (χ1n) is 5.74. The van der Waals surface area contributed by atoms with Crippen molar-refractivity contribution in [3.05, 3.63) is 28.5 Å². The Hall–Kier alpha value is -1.66. The Morgan fingerprint density at radius 3 is 2.63 bits per heavy atom. The Labute approximate surface area is 116 Å². The van der Waals surface area contributed by atoms with Crippen LogP contribution in [0.2, 0.25) is 5.15 Å². The Morgan fingerprint density at radius 2 is 2.11 bits per heavy atom. The first-order valence-corrected chi connectivity index (χ1v) is 6.12. The van der Waals surface area contributed by atoms with Crippen LogP contribution in [0.5, 0.6) is 0 Å². The SMILES string of the molecule is CC(C)c1cc(C(=O)NCC(O)C(N)=O)cc(Cl)n1. The quantitative estimate of drug-likeness (QED) is 0.682. The van der Waals surface area contributed by atoms with Crippen LogP contribution in [0.15, 0.2) is 12.1 Å². The standard InChI is InChI=1S/C12H16ClN3O3/c1-6(2)8-3-7(4-10(13)16-8)12(19)15-5-9(17)11(14)18/h3-4,6,9,17H,5H2,1-2H3,(H2,14,18)(H,15,19). The van der Waals surface area contributed by atoms with Crippen molar-refractivity contribution in [1.82, 2.24) is 10.3 Å². The van der Waals surface area contributed by atoms with Crippen LogP contribution in [0, 0.1) is 0 Å². The molecule has 0 aromatic carbocycles. The maximum Gasteiger partial charge on any atom is 0.251 e. The fraction of sp³-hybridized carbons (Fsp3) is 0.417. The summed E-state index contributed by atoms with van der Waals surface area (Å²) in [4.78, 5) is 26.6. The van der Waals surface area contributed by atoms with Crippen molar-refractivity contribution in [1.29, 1.82) is 0 Å². The Balaban J connectivity index is 2.79. The molecule has 19 heavy (non-hydrogen) atoms. The first-order chi connectivity index (χ1) is 8.81. The molecule has 0 radical (unpaired) electrons. The molecule has 0 saturated heterocycles. The van der Waals surface area contributed by atoms with Crippen LogP contribution in [0.1, 0.15) is 35.8 Å². The number of aliphatic hydroxyl groups is 1. The molecule has 1 aromatic rings. The lowest BCUT2D eigenvalue weighted by atomic mass is 10.1. The summed E-state index contributed by atoms with van der Waals surface area (Å²) >= 11 is 5.84. The van der Waals surface area contributed by atoms with Gasteiger partial charge in [-0.15, -0.1) is 0 Å². The van der Waals surface area contributed by atoms with Gasteiger partial charge in [0.1, 0.15) is 11.3 Å². The van der Waals surface area contributed by atoms with Crippen molar-refractivity contribution >= 4 is 23.4 Å². The van der Waals surface area contributed by atoms with Gasteiger partial charge in [-0.2, -0.15) is 0 Å². The van der Waals surface area contributed by atoms with E-state index in [-0.39, 0.29) is 17.6 Å². The van der Waals surface area contributed by atoms with Crippen molar-refractivity contribution in [2.75, 3.05) is 6.54 Å². The number of carbonyl (C=O) groups is 2. The summed E-state index contributed by atoms with van der Waals surface area (Å²) in [6.45, 7) is 3.61. The average molecular weight is 286 g/mol. The topological polar surface area (TPSA) is 105 Å². The lowest BCUT2D eigenvalue weighted by molar-refractivity contribution is -0.125. The molecular weight excluding hydrogens is 270 g/mol. The summed E-state index contributed by atoms with van der Waals surface area (Å²) in [5, 5.41) is 11.8. The molecule has 6 nitrogen and oxygen atoms in total. The highest BCUT2D eigenvalue weighted by molar-refractivity contribution is 6.29. The minimum absolute atomic E-state index is 0.126. The van der Waals surface area contributed by atoms with Gasteiger partial charge in [-0.3, -0.25) is 9.59 Å². The van der Waals surface area contributed by atoms with Crippen LogP contribution < -0.4 is 11.1 Å². The minimum Gasteiger partial charge on any atom is -0.381 e. The van der Waals surface area contributed by atoms with E-state index in [0.29, 0.717) is 11.3 Å². The van der Waals surface area contributed by atoms with Crippen molar-refractivity contribution in [2.45, 2.75) is 25.9 Å². The van der Waals surface area contributed by atoms with Crippen LogP contribution in [0.3, 0.4) is 0 Å². The number of nitrogens with two attached hydrogens (primary N) is 1. The van der Waals surface area contributed by atoms with Crippen LogP contribution >= 0.6 is 11.6 Å². The molecule has 1 rings (SSSR count). The normalized spacial score (nSPS) is 12.3. The molecule has 2 amide bonds. The predicted octanol–water partition coefficient (Wildman–Crippen LogP) is 0.434. The fourth-order valence-corrected chi connectivity index (χ4v) is 1.55. The molecule has 104 valence electrons. The molecule has 0 spiro atoms. The van der Waals surface area contributed by atoms with Crippen LogP contribution in [-0.2, 0) is 4.79 Å². The van der Waals surface area contributed by atoms with Gasteiger partial charge in [-0.05, 0) is 18.1 Å². The van der Waals surface area contributed by atoms with E-state index in [1.54, 1.807) is 6.07 Å². The Kier molecular flexibility index (Phi) is 5.26. The van der Waals surface area contributed by atoms with E-state index >= 15 is 0 Å². The van der Waals surface area contributed by atoms with Gasteiger partial charge in [0.25, 0.3) is 5.91 Å². The van der Waals surface area contributed by atoms with Crippen molar-refractivity contribution < 1.29 is 14.7 Å². The number of nitrogens with zero attached hydrogens (tertiary/aromatic N) is 1. The first kappa shape index (κ1) is 15.4. The number of aromatic nitrogens is 1. The average Bonchev–Trinajstić information content (AvgIpc) is 2.34. The van der Waals surface area contributed by atoms with E-state index in [1.165, 1.54) is 6.07 Å². The fourth-order valence-electron chi connectivity index (χ4n) is 1.34. The summed E-state index contributed by atoms with van der Waals surface area (Å²) in [6.07, 6.45) is -1.41. The predicted molar refractivity (Wildman–Crippen MR) is 70.9 cm³/mol. The van der Waals surface area contributed by atoms with Gasteiger partial charge in [-0.25, -0.2) is 4.98 Å².